The smallest absolute Gasteiger partial charge is 0.333 e. The molecule has 9 heteroatoms. The first-order valence-electron chi connectivity index (χ1n) is 10.2. The molecule has 0 N–H and O–H groups in total. The molecule has 31 heavy (non-hydrogen) atoms. The molecule has 0 aliphatic carbocycles. The number of rotatable bonds is 3. The average molecular weight is 425 g/mol. The lowest BCUT2D eigenvalue weighted by Crippen LogP contribution is -2.49. The molecule has 160 valence electrons. The third kappa shape index (κ3) is 3.59. The molecule has 0 atom stereocenters. The predicted octanol–water partition coefficient (Wildman–Crippen LogP) is 3.44. The maximum atomic E-state index is 12.8. The van der Waals surface area contributed by atoms with Crippen LogP contribution in [-0.4, -0.2) is 50.3 Å². The highest BCUT2D eigenvalue weighted by Crippen LogP contribution is 2.41. The van der Waals surface area contributed by atoms with Gasteiger partial charge in [0, 0.05) is 31.0 Å². The van der Waals surface area contributed by atoms with Gasteiger partial charge < -0.3 is 9.64 Å². The molecule has 0 bridgehead atoms. The lowest BCUT2D eigenvalue weighted by atomic mass is 9.83. The van der Waals surface area contributed by atoms with E-state index in [0.717, 1.165) is 29.4 Å². The Labute approximate surface area is 177 Å². The van der Waals surface area contributed by atoms with Crippen molar-refractivity contribution in [3.05, 3.63) is 65.7 Å². The molecule has 1 amide bonds. The molecule has 2 aromatic heterocycles. The van der Waals surface area contributed by atoms with Gasteiger partial charge in [0.1, 0.15) is 5.60 Å². The summed E-state index contributed by atoms with van der Waals surface area (Å²) in [6.07, 6.45) is 4.90. The Hall–Kier alpha value is -3.20. The molecule has 1 saturated heterocycles. The second-order valence-electron chi connectivity index (χ2n) is 7.78. The van der Waals surface area contributed by atoms with Crippen molar-refractivity contribution < 1.29 is 18.3 Å². The van der Waals surface area contributed by atoms with Crippen LogP contribution < -0.4 is 0 Å². The van der Waals surface area contributed by atoms with Crippen LogP contribution in [0.2, 0.25) is 0 Å². The van der Waals surface area contributed by atoms with Crippen LogP contribution in [0.4, 0.5) is 8.78 Å². The SMILES string of the molecule is O=C(c1ccn(C(F)F)n1)N1CCC2(CC1)OCCc1cnc(-c3ccccc3)nc12. The zero-order valence-electron chi connectivity index (χ0n) is 16.7. The number of benzene rings is 1. The summed E-state index contributed by atoms with van der Waals surface area (Å²) >= 11 is 0. The molecule has 1 spiro atoms. The minimum Gasteiger partial charge on any atom is -0.368 e. The fourth-order valence-corrected chi connectivity index (χ4v) is 4.31. The highest BCUT2D eigenvalue weighted by molar-refractivity contribution is 5.92. The molecule has 2 aliphatic heterocycles. The molecule has 5 rings (SSSR count). The van der Waals surface area contributed by atoms with E-state index >= 15 is 0 Å². The normalized spacial score (nSPS) is 17.7. The Balaban J connectivity index is 1.37. The zero-order valence-corrected chi connectivity index (χ0v) is 16.7. The molecule has 3 aromatic rings. The highest BCUT2D eigenvalue weighted by Gasteiger charge is 2.43. The van der Waals surface area contributed by atoms with E-state index in [1.807, 2.05) is 36.5 Å². The van der Waals surface area contributed by atoms with E-state index in [0.29, 0.717) is 43.0 Å². The number of alkyl halides is 2. The summed E-state index contributed by atoms with van der Waals surface area (Å²) in [5, 5.41) is 3.69. The van der Waals surface area contributed by atoms with Crippen LogP contribution in [0.15, 0.2) is 48.8 Å². The minimum absolute atomic E-state index is 0.0231. The Morgan fingerprint density at radius 3 is 2.61 bits per heavy atom. The number of ether oxygens (including phenoxy) is 1. The lowest BCUT2D eigenvalue weighted by Gasteiger charge is -2.44. The van der Waals surface area contributed by atoms with E-state index in [1.54, 1.807) is 4.90 Å². The zero-order chi connectivity index (χ0) is 21.4. The predicted molar refractivity (Wildman–Crippen MR) is 107 cm³/mol. The van der Waals surface area contributed by atoms with Crippen LogP contribution in [0.1, 0.15) is 41.1 Å². The lowest BCUT2D eigenvalue weighted by molar-refractivity contribution is -0.0967. The van der Waals surface area contributed by atoms with Crippen molar-refractivity contribution in [2.75, 3.05) is 19.7 Å². The number of nitrogens with zero attached hydrogens (tertiary/aromatic N) is 5. The summed E-state index contributed by atoms with van der Waals surface area (Å²) in [5.41, 5.74) is 2.35. The molecule has 1 fully saturated rings. The second kappa shape index (κ2) is 7.81. The van der Waals surface area contributed by atoms with Gasteiger partial charge in [0.15, 0.2) is 11.5 Å². The highest BCUT2D eigenvalue weighted by atomic mass is 19.3. The summed E-state index contributed by atoms with van der Waals surface area (Å²) in [6.45, 7) is -1.32. The van der Waals surface area contributed by atoms with Gasteiger partial charge in [-0.25, -0.2) is 14.6 Å². The van der Waals surface area contributed by atoms with Crippen LogP contribution in [0.25, 0.3) is 11.4 Å². The number of hydrogen-bond donors (Lipinski definition) is 0. The van der Waals surface area contributed by atoms with Crippen molar-refractivity contribution in [3.63, 3.8) is 0 Å². The Morgan fingerprint density at radius 2 is 1.90 bits per heavy atom. The van der Waals surface area contributed by atoms with Crippen LogP contribution >= 0.6 is 0 Å². The van der Waals surface area contributed by atoms with E-state index in [1.165, 1.54) is 6.07 Å². The Morgan fingerprint density at radius 1 is 1.13 bits per heavy atom. The molecule has 4 heterocycles. The number of carbonyl (C=O) groups excluding carboxylic acids is 1. The van der Waals surface area contributed by atoms with Gasteiger partial charge in [-0.1, -0.05) is 30.3 Å². The minimum atomic E-state index is -2.77. The van der Waals surface area contributed by atoms with Crippen molar-refractivity contribution in [2.24, 2.45) is 0 Å². The Bertz CT molecular complexity index is 1090. The number of amides is 1. The first-order chi connectivity index (χ1) is 15.1. The first kappa shape index (κ1) is 19.7. The van der Waals surface area contributed by atoms with E-state index in [4.69, 9.17) is 9.72 Å². The monoisotopic (exact) mass is 425 g/mol. The summed E-state index contributed by atoms with van der Waals surface area (Å²) in [4.78, 5) is 23.8. The van der Waals surface area contributed by atoms with Gasteiger partial charge in [-0.2, -0.15) is 13.9 Å². The van der Waals surface area contributed by atoms with Crippen molar-refractivity contribution >= 4 is 5.91 Å². The van der Waals surface area contributed by atoms with Gasteiger partial charge in [-0.15, -0.1) is 0 Å². The van der Waals surface area contributed by atoms with E-state index in [9.17, 15) is 13.6 Å². The fraction of sp³-hybridized carbons (Fsp3) is 0.364. The van der Waals surface area contributed by atoms with Gasteiger partial charge in [-0.3, -0.25) is 4.79 Å². The maximum absolute atomic E-state index is 12.8. The van der Waals surface area contributed by atoms with Crippen molar-refractivity contribution in [1.29, 1.82) is 0 Å². The number of halogens is 2. The Kier molecular flexibility index (Phi) is 4.97. The number of hydrogen-bond acceptors (Lipinski definition) is 5. The average Bonchev–Trinajstić information content (AvgIpc) is 3.31. The number of piperidine rings is 1. The van der Waals surface area contributed by atoms with Crippen LogP contribution in [0, 0.1) is 0 Å². The van der Waals surface area contributed by atoms with Gasteiger partial charge in [0.05, 0.1) is 12.3 Å². The molecule has 2 aliphatic rings. The molecule has 1 aromatic carbocycles. The molecular formula is C22H21F2N5O2. The molecule has 0 unspecified atom stereocenters. The molecular weight excluding hydrogens is 404 g/mol. The van der Waals surface area contributed by atoms with Gasteiger partial charge in [0.25, 0.3) is 5.91 Å². The number of carbonyl (C=O) groups is 1. The fourth-order valence-electron chi connectivity index (χ4n) is 4.31. The van der Waals surface area contributed by atoms with Crippen LogP contribution in [-0.2, 0) is 16.8 Å². The molecule has 7 nitrogen and oxygen atoms in total. The summed E-state index contributed by atoms with van der Waals surface area (Å²) in [7, 11) is 0. The molecule has 0 radical (unpaired) electrons. The second-order valence-corrected chi connectivity index (χ2v) is 7.78. The number of fused-ring (bicyclic) bond motifs is 2. The third-order valence-corrected chi connectivity index (χ3v) is 5.96. The van der Waals surface area contributed by atoms with Gasteiger partial charge in [0.2, 0.25) is 0 Å². The quantitative estimate of drug-likeness (QED) is 0.643. The molecule has 0 saturated carbocycles. The van der Waals surface area contributed by atoms with E-state index in [2.05, 4.69) is 10.1 Å². The van der Waals surface area contributed by atoms with Gasteiger partial charge >= 0.3 is 6.55 Å². The maximum Gasteiger partial charge on any atom is 0.333 e. The van der Waals surface area contributed by atoms with Crippen LogP contribution in [0.5, 0.6) is 0 Å². The van der Waals surface area contributed by atoms with Gasteiger partial charge in [-0.05, 0) is 30.9 Å². The first-order valence-corrected chi connectivity index (χ1v) is 10.2. The van der Waals surface area contributed by atoms with E-state index < -0.39 is 12.2 Å². The van der Waals surface area contributed by atoms with Crippen molar-refractivity contribution in [1.82, 2.24) is 24.6 Å². The van der Waals surface area contributed by atoms with Crippen LogP contribution in [0.3, 0.4) is 0 Å². The third-order valence-electron chi connectivity index (χ3n) is 5.96. The van der Waals surface area contributed by atoms with Crippen molar-refractivity contribution in [3.8, 4) is 11.4 Å². The number of aromatic nitrogens is 4. The summed E-state index contributed by atoms with van der Waals surface area (Å²) in [5.74, 6) is 0.304. The number of likely N-dealkylation sites (tertiary alicyclic amines) is 1. The van der Waals surface area contributed by atoms with E-state index in [-0.39, 0.29) is 11.6 Å². The summed E-state index contributed by atoms with van der Waals surface area (Å²) < 4.78 is 32.3. The largest absolute Gasteiger partial charge is 0.368 e. The standard InChI is InChI=1S/C22H21F2N5O2/c23-21(24)29-10-6-17(27-29)20(30)28-11-8-22(9-12-28)18-16(7-13-31-22)14-25-19(26-18)15-4-2-1-3-5-15/h1-6,10,14,21H,7-9,11-13H2. The summed E-state index contributed by atoms with van der Waals surface area (Å²) in [6, 6.07) is 11.1. The van der Waals surface area contributed by atoms with Crippen molar-refractivity contribution in [2.45, 2.75) is 31.4 Å². The topological polar surface area (TPSA) is 73.1 Å².